The van der Waals surface area contributed by atoms with Crippen LogP contribution in [0.2, 0.25) is 18.1 Å². The summed E-state index contributed by atoms with van der Waals surface area (Å²) in [5.41, 5.74) is 0. The first kappa shape index (κ1) is 22.6. The van der Waals surface area contributed by atoms with E-state index < -0.39 is 8.24 Å². The zero-order valence-electron chi connectivity index (χ0n) is 17.8. The Bertz CT molecular complexity index is 365. The second kappa shape index (κ2) is 10.7. The van der Waals surface area contributed by atoms with E-state index in [0.717, 1.165) is 37.4 Å². The number of methoxy groups -OCH3 is 1. The van der Waals surface area contributed by atoms with Crippen LogP contribution >= 0.6 is 0 Å². The number of esters is 1. The van der Waals surface area contributed by atoms with E-state index in [-0.39, 0.29) is 5.97 Å². The number of rotatable bonds is 10. The molecule has 1 rings (SSSR count). The lowest BCUT2D eigenvalue weighted by atomic mass is 10.2. The van der Waals surface area contributed by atoms with E-state index in [4.69, 9.17) is 4.74 Å². The molecule has 0 bridgehead atoms. The topological polar surface area (TPSA) is 32.8 Å². The zero-order chi connectivity index (χ0) is 19.0. The summed E-state index contributed by atoms with van der Waals surface area (Å²) >= 11 is 0. The molecule has 0 aromatic heterocycles. The molecule has 1 saturated heterocycles. The average molecular weight is 371 g/mol. The molecular formula is C20H42N2O2Si. The maximum absolute atomic E-state index is 11.4. The van der Waals surface area contributed by atoms with Crippen LogP contribution in [-0.4, -0.2) is 63.5 Å². The summed E-state index contributed by atoms with van der Waals surface area (Å²) in [5.74, 6) is 2.25. The number of carbonyl (C=O) groups excluding carboxylic acids is 1. The Balaban J connectivity index is 2.77. The van der Waals surface area contributed by atoms with Crippen molar-refractivity contribution in [2.24, 2.45) is 17.8 Å². The Hall–Kier alpha value is -0.393. The molecule has 0 aromatic rings. The number of hydrogen-bond donors (Lipinski definition) is 0. The molecule has 5 heteroatoms. The summed E-state index contributed by atoms with van der Waals surface area (Å²) in [6.07, 6.45) is 0.517. The van der Waals surface area contributed by atoms with Crippen LogP contribution in [0, 0.1) is 17.8 Å². The van der Waals surface area contributed by atoms with Crippen molar-refractivity contribution in [3.8, 4) is 0 Å². The molecule has 0 radical (unpaired) electrons. The van der Waals surface area contributed by atoms with Crippen molar-refractivity contribution in [1.29, 1.82) is 0 Å². The molecule has 1 fully saturated rings. The predicted octanol–water partition coefficient (Wildman–Crippen LogP) is 4.08. The third-order valence-corrected chi connectivity index (χ3v) is 11.8. The van der Waals surface area contributed by atoms with Gasteiger partial charge in [0.25, 0.3) is 0 Å². The zero-order valence-corrected chi connectivity index (χ0v) is 18.8. The lowest BCUT2D eigenvalue weighted by Crippen LogP contribution is -2.61. The van der Waals surface area contributed by atoms with Crippen LogP contribution in [0.25, 0.3) is 0 Å². The van der Waals surface area contributed by atoms with Crippen LogP contribution in [0.3, 0.4) is 0 Å². The Morgan fingerprint density at radius 3 is 1.68 bits per heavy atom. The van der Waals surface area contributed by atoms with Crippen molar-refractivity contribution >= 4 is 14.2 Å². The van der Waals surface area contributed by atoms with E-state index in [9.17, 15) is 4.79 Å². The predicted molar refractivity (Wildman–Crippen MR) is 109 cm³/mol. The number of ether oxygens (including phenoxy) is 1. The van der Waals surface area contributed by atoms with Crippen LogP contribution in [-0.2, 0) is 9.53 Å². The molecule has 4 nitrogen and oxygen atoms in total. The van der Waals surface area contributed by atoms with Crippen LogP contribution in [0.1, 0.15) is 48.0 Å². The van der Waals surface area contributed by atoms with Gasteiger partial charge in [-0.15, -0.1) is 0 Å². The van der Waals surface area contributed by atoms with Crippen molar-refractivity contribution in [3.63, 3.8) is 0 Å². The van der Waals surface area contributed by atoms with Crippen LogP contribution in [0.15, 0.2) is 0 Å². The molecule has 0 saturated carbocycles. The van der Waals surface area contributed by atoms with Gasteiger partial charge in [-0.05, 0) is 35.9 Å². The van der Waals surface area contributed by atoms with E-state index in [1.807, 2.05) is 0 Å². The maximum Gasteiger partial charge on any atom is 0.306 e. The van der Waals surface area contributed by atoms with Gasteiger partial charge in [0.2, 0.25) is 0 Å². The molecule has 1 aliphatic heterocycles. The fourth-order valence-electron chi connectivity index (χ4n) is 4.71. The highest BCUT2D eigenvalue weighted by Gasteiger charge is 2.42. The number of piperazine rings is 1. The largest absolute Gasteiger partial charge is 0.469 e. The summed E-state index contributed by atoms with van der Waals surface area (Å²) in [4.78, 5) is 13.8. The highest BCUT2D eigenvalue weighted by molar-refractivity contribution is 6.77. The third kappa shape index (κ3) is 7.79. The van der Waals surface area contributed by atoms with Gasteiger partial charge in [0.05, 0.1) is 13.5 Å². The van der Waals surface area contributed by atoms with Crippen LogP contribution < -0.4 is 0 Å². The quantitative estimate of drug-likeness (QED) is 0.428. The van der Waals surface area contributed by atoms with Gasteiger partial charge in [0.15, 0.2) is 0 Å². The van der Waals surface area contributed by atoms with Crippen molar-refractivity contribution in [2.75, 3.05) is 39.8 Å². The van der Waals surface area contributed by atoms with Crippen LogP contribution in [0.5, 0.6) is 0 Å². The SMILES string of the molecule is COC(=O)CCN1CCN([Si](CC(C)C)(CC(C)C)CC(C)C)CC1. The Morgan fingerprint density at radius 1 is 0.880 bits per heavy atom. The van der Waals surface area contributed by atoms with Crippen molar-refractivity contribution < 1.29 is 9.53 Å². The fourth-order valence-corrected chi connectivity index (χ4v) is 11.7. The first-order chi connectivity index (χ1) is 11.7. The average Bonchev–Trinajstić information content (AvgIpc) is 2.50. The lowest BCUT2D eigenvalue weighted by Gasteiger charge is -2.49. The van der Waals surface area contributed by atoms with Crippen molar-refractivity contribution in [2.45, 2.75) is 66.1 Å². The molecule has 25 heavy (non-hydrogen) atoms. The molecule has 0 atom stereocenters. The number of hydrogen-bond acceptors (Lipinski definition) is 4. The molecule has 0 unspecified atom stereocenters. The number of carbonyl (C=O) groups is 1. The summed E-state index contributed by atoms with van der Waals surface area (Å²) in [6.45, 7) is 19.8. The Labute approximate surface area is 157 Å². The molecule has 1 heterocycles. The lowest BCUT2D eigenvalue weighted by molar-refractivity contribution is -0.141. The van der Waals surface area contributed by atoms with Gasteiger partial charge in [-0.1, -0.05) is 41.5 Å². The maximum atomic E-state index is 11.4. The molecule has 0 aliphatic carbocycles. The van der Waals surface area contributed by atoms with E-state index in [1.165, 1.54) is 38.3 Å². The molecule has 148 valence electrons. The van der Waals surface area contributed by atoms with Crippen molar-refractivity contribution in [1.82, 2.24) is 9.47 Å². The molecule has 0 amide bonds. The first-order valence-electron chi connectivity index (χ1n) is 10.2. The molecule has 1 aliphatic rings. The monoisotopic (exact) mass is 370 g/mol. The third-order valence-electron chi connectivity index (χ3n) is 5.27. The van der Waals surface area contributed by atoms with Gasteiger partial charge in [-0.3, -0.25) is 4.79 Å². The first-order valence-corrected chi connectivity index (χ1v) is 12.8. The van der Waals surface area contributed by atoms with Gasteiger partial charge < -0.3 is 14.2 Å². The molecule has 0 aromatic carbocycles. The van der Waals surface area contributed by atoms with Gasteiger partial charge in [-0.25, -0.2) is 0 Å². The van der Waals surface area contributed by atoms with E-state index in [2.05, 4.69) is 51.0 Å². The standard InChI is InChI=1S/C20H42N2O2Si/c1-17(2)14-25(15-18(3)4,16-19(5)6)22-12-10-21(11-13-22)9-8-20(23)24-7/h17-19H,8-16H2,1-7H3. The minimum atomic E-state index is -1.45. The summed E-state index contributed by atoms with van der Waals surface area (Å²) < 4.78 is 7.70. The minimum absolute atomic E-state index is 0.0921. The van der Waals surface area contributed by atoms with Gasteiger partial charge in [0.1, 0.15) is 8.24 Å². The van der Waals surface area contributed by atoms with Crippen molar-refractivity contribution in [3.05, 3.63) is 0 Å². The molecular weight excluding hydrogens is 328 g/mol. The number of nitrogens with zero attached hydrogens (tertiary/aromatic N) is 2. The normalized spacial score (nSPS) is 17.7. The van der Waals surface area contributed by atoms with Gasteiger partial charge >= 0.3 is 5.97 Å². The summed E-state index contributed by atoms with van der Waals surface area (Å²) in [5, 5.41) is 0. The Kier molecular flexibility index (Phi) is 9.68. The fraction of sp³-hybridized carbons (Fsp3) is 0.950. The van der Waals surface area contributed by atoms with E-state index in [0.29, 0.717) is 6.42 Å². The second-order valence-electron chi connectivity index (χ2n) is 9.17. The highest BCUT2D eigenvalue weighted by atomic mass is 28.3. The Morgan fingerprint density at radius 2 is 1.32 bits per heavy atom. The van der Waals surface area contributed by atoms with Gasteiger partial charge in [-0.2, -0.15) is 0 Å². The minimum Gasteiger partial charge on any atom is -0.469 e. The van der Waals surface area contributed by atoms with E-state index in [1.54, 1.807) is 0 Å². The second-order valence-corrected chi connectivity index (χ2v) is 13.5. The summed E-state index contributed by atoms with van der Waals surface area (Å²) in [7, 11) is 0.0260. The van der Waals surface area contributed by atoms with E-state index >= 15 is 0 Å². The van der Waals surface area contributed by atoms with Crippen LogP contribution in [0.4, 0.5) is 0 Å². The molecule has 0 spiro atoms. The smallest absolute Gasteiger partial charge is 0.306 e. The summed E-state index contributed by atoms with van der Waals surface area (Å²) in [6, 6.07) is 4.27. The van der Waals surface area contributed by atoms with Gasteiger partial charge in [0, 0.05) is 32.7 Å². The molecule has 0 N–H and O–H groups in total. The highest BCUT2D eigenvalue weighted by Crippen LogP contribution is 2.35.